The molecule has 25 heavy (non-hydrogen) atoms. The highest BCUT2D eigenvalue weighted by Gasteiger charge is 2.23. The zero-order chi connectivity index (χ0) is 17.2. The molecule has 0 radical (unpaired) electrons. The molecule has 1 N–H and O–H groups in total. The summed E-state index contributed by atoms with van der Waals surface area (Å²) >= 11 is 6.17. The average Bonchev–Trinajstić information content (AvgIpc) is 2.66. The Kier molecular flexibility index (Phi) is 4.28. The second-order valence-corrected chi connectivity index (χ2v) is 6.10. The van der Waals surface area contributed by atoms with E-state index < -0.39 is 0 Å². The molecule has 2 aliphatic rings. The number of nitrogens with one attached hydrogen (secondary N) is 1. The molecular formula is C18H16ClNO5. The van der Waals surface area contributed by atoms with Crippen molar-refractivity contribution >= 4 is 17.5 Å². The largest absolute Gasteiger partial charge is 0.486 e. The van der Waals surface area contributed by atoms with Gasteiger partial charge in [0.15, 0.2) is 23.0 Å². The first kappa shape index (κ1) is 15.9. The fourth-order valence-corrected chi connectivity index (χ4v) is 2.98. The number of ether oxygens (including phenoxy) is 4. The highest BCUT2D eigenvalue weighted by molar-refractivity contribution is 6.32. The van der Waals surface area contributed by atoms with Crippen molar-refractivity contribution in [2.75, 3.05) is 26.4 Å². The van der Waals surface area contributed by atoms with Gasteiger partial charge in [0.2, 0.25) is 0 Å². The van der Waals surface area contributed by atoms with Gasteiger partial charge in [-0.1, -0.05) is 23.7 Å². The topological polar surface area (TPSA) is 66.0 Å². The molecule has 130 valence electrons. The number of hydrogen-bond donors (Lipinski definition) is 1. The van der Waals surface area contributed by atoms with Crippen LogP contribution in [0.3, 0.4) is 0 Å². The first-order valence-electron chi connectivity index (χ1n) is 7.96. The summed E-state index contributed by atoms with van der Waals surface area (Å²) in [7, 11) is 0. The van der Waals surface area contributed by atoms with E-state index in [2.05, 4.69) is 5.32 Å². The molecule has 7 heteroatoms. The molecule has 6 nitrogen and oxygen atoms in total. The highest BCUT2D eigenvalue weighted by Crippen LogP contribution is 2.38. The maximum atomic E-state index is 12.4. The van der Waals surface area contributed by atoms with Crippen LogP contribution in [-0.4, -0.2) is 38.4 Å². The van der Waals surface area contributed by atoms with Crippen molar-refractivity contribution in [3.05, 3.63) is 47.0 Å². The third-order valence-corrected chi connectivity index (χ3v) is 4.20. The Hall–Kier alpha value is -2.60. The van der Waals surface area contributed by atoms with E-state index in [0.717, 1.165) is 0 Å². The van der Waals surface area contributed by atoms with Crippen LogP contribution < -0.4 is 24.3 Å². The number of hydrogen-bond acceptors (Lipinski definition) is 5. The molecule has 1 unspecified atom stereocenters. The summed E-state index contributed by atoms with van der Waals surface area (Å²) in [5.41, 5.74) is 0.409. The van der Waals surface area contributed by atoms with Crippen molar-refractivity contribution in [2.45, 2.75) is 6.10 Å². The average molecular weight is 362 g/mol. The molecule has 0 aliphatic carbocycles. The number of para-hydroxylation sites is 2. The molecule has 0 saturated carbocycles. The van der Waals surface area contributed by atoms with Crippen molar-refractivity contribution in [3.63, 3.8) is 0 Å². The molecular weight excluding hydrogens is 346 g/mol. The second-order valence-electron chi connectivity index (χ2n) is 5.69. The van der Waals surface area contributed by atoms with Crippen molar-refractivity contribution in [3.8, 4) is 23.0 Å². The summed E-state index contributed by atoms with van der Waals surface area (Å²) in [5, 5.41) is 3.19. The maximum absolute atomic E-state index is 12.4. The van der Waals surface area contributed by atoms with E-state index >= 15 is 0 Å². The van der Waals surface area contributed by atoms with Crippen molar-refractivity contribution in [1.29, 1.82) is 0 Å². The Morgan fingerprint density at radius 2 is 1.88 bits per heavy atom. The smallest absolute Gasteiger partial charge is 0.251 e. The Morgan fingerprint density at radius 1 is 1.08 bits per heavy atom. The van der Waals surface area contributed by atoms with Gasteiger partial charge in [0, 0.05) is 5.56 Å². The van der Waals surface area contributed by atoms with Gasteiger partial charge in [-0.2, -0.15) is 0 Å². The van der Waals surface area contributed by atoms with Gasteiger partial charge >= 0.3 is 0 Å². The highest BCUT2D eigenvalue weighted by atomic mass is 35.5. The van der Waals surface area contributed by atoms with Gasteiger partial charge in [-0.25, -0.2) is 0 Å². The molecule has 1 atom stereocenters. The van der Waals surface area contributed by atoms with Gasteiger partial charge < -0.3 is 24.3 Å². The lowest BCUT2D eigenvalue weighted by Crippen LogP contribution is -2.40. The van der Waals surface area contributed by atoms with Crippen LogP contribution in [0.25, 0.3) is 0 Å². The number of carbonyl (C=O) groups excluding carboxylic acids is 1. The molecule has 0 aromatic heterocycles. The van der Waals surface area contributed by atoms with E-state index in [9.17, 15) is 4.79 Å². The van der Waals surface area contributed by atoms with Gasteiger partial charge in [-0.05, 0) is 24.3 Å². The Balaban J connectivity index is 1.41. The monoisotopic (exact) mass is 361 g/mol. The Morgan fingerprint density at radius 3 is 2.76 bits per heavy atom. The number of benzene rings is 2. The lowest BCUT2D eigenvalue weighted by atomic mass is 10.1. The van der Waals surface area contributed by atoms with Crippen molar-refractivity contribution in [2.24, 2.45) is 0 Å². The minimum atomic E-state index is -0.263. The van der Waals surface area contributed by atoms with Crippen LogP contribution in [0.4, 0.5) is 0 Å². The van der Waals surface area contributed by atoms with Crippen LogP contribution in [0.5, 0.6) is 23.0 Å². The summed E-state index contributed by atoms with van der Waals surface area (Å²) in [6.45, 7) is 1.57. The van der Waals surface area contributed by atoms with Crippen LogP contribution in [0.2, 0.25) is 5.02 Å². The molecule has 0 saturated heterocycles. The molecule has 2 aliphatic heterocycles. The van der Waals surface area contributed by atoms with E-state index in [4.69, 9.17) is 30.5 Å². The lowest BCUT2D eigenvalue weighted by molar-refractivity contribution is 0.0788. The minimum Gasteiger partial charge on any atom is -0.486 e. The zero-order valence-corrected chi connectivity index (χ0v) is 14.0. The summed E-state index contributed by atoms with van der Waals surface area (Å²) in [4.78, 5) is 12.4. The Bertz CT molecular complexity index is 810. The van der Waals surface area contributed by atoms with E-state index in [0.29, 0.717) is 59.9 Å². The fraction of sp³-hybridized carbons (Fsp3) is 0.278. The fourth-order valence-electron chi connectivity index (χ4n) is 2.71. The first-order valence-corrected chi connectivity index (χ1v) is 8.34. The summed E-state index contributed by atoms with van der Waals surface area (Å²) in [6, 6.07) is 10.6. The van der Waals surface area contributed by atoms with Crippen LogP contribution in [-0.2, 0) is 0 Å². The lowest BCUT2D eigenvalue weighted by Gasteiger charge is -2.26. The molecule has 0 bridgehead atoms. The summed E-state index contributed by atoms with van der Waals surface area (Å²) in [5.74, 6) is 2.08. The van der Waals surface area contributed by atoms with Gasteiger partial charge in [-0.15, -0.1) is 0 Å². The van der Waals surface area contributed by atoms with Crippen molar-refractivity contribution in [1.82, 2.24) is 5.32 Å². The maximum Gasteiger partial charge on any atom is 0.251 e. The normalized spacial score (nSPS) is 17.7. The SMILES string of the molecule is O=C(NCC1COc2ccccc2O1)c1cc(Cl)c2c(c1)OCCO2. The van der Waals surface area contributed by atoms with Gasteiger partial charge in [0.25, 0.3) is 5.91 Å². The zero-order valence-electron chi connectivity index (χ0n) is 13.3. The summed E-state index contributed by atoms with van der Waals surface area (Å²) < 4.78 is 22.4. The summed E-state index contributed by atoms with van der Waals surface area (Å²) in [6.07, 6.45) is -0.258. The van der Waals surface area contributed by atoms with Gasteiger partial charge in [-0.3, -0.25) is 4.79 Å². The second kappa shape index (κ2) is 6.72. The predicted molar refractivity (Wildman–Crippen MR) is 91.1 cm³/mol. The first-order chi connectivity index (χ1) is 12.2. The molecule has 0 fully saturated rings. The van der Waals surface area contributed by atoms with Gasteiger partial charge in [0.05, 0.1) is 11.6 Å². The number of halogens is 1. The molecule has 1 amide bonds. The van der Waals surface area contributed by atoms with E-state index in [1.807, 2.05) is 24.3 Å². The molecule has 4 rings (SSSR count). The third kappa shape index (κ3) is 3.30. The quantitative estimate of drug-likeness (QED) is 0.910. The number of carbonyl (C=O) groups is 1. The molecule has 2 aromatic rings. The van der Waals surface area contributed by atoms with Crippen LogP contribution >= 0.6 is 11.6 Å². The van der Waals surface area contributed by atoms with Crippen molar-refractivity contribution < 1.29 is 23.7 Å². The van der Waals surface area contributed by atoms with E-state index in [1.165, 1.54) is 0 Å². The number of fused-ring (bicyclic) bond motifs is 2. The predicted octanol–water partition coefficient (Wildman–Crippen LogP) is 2.68. The standard InChI is InChI=1S/C18H16ClNO5/c19-13-7-11(8-16-17(13)23-6-5-22-16)18(21)20-9-12-10-24-14-3-1-2-4-15(14)25-12/h1-4,7-8,12H,5-6,9-10H2,(H,20,21). The number of amides is 1. The Labute approximate surface area is 149 Å². The minimum absolute atomic E-state index is 0.258. The van der Waals surface area contributed by atoms with Crippen LogP contribution in [0.15, 0.2) is 36.4 Å². The van der Waals surface area contributed by atoms with Crippen LogP contribution in [0, 0.1) is 0 Å². The van der Waals surface area contributed by atoms with E-state index in [-0.39, 0.29) is 12.0 Å². The molecule has 2 aromatic carbocycles. The molecule has 2 heterocycles. The third-order valence-electron chi connectivity index (χ3n) is 3.92. The van der Waals surface area contributed by atoms with E-state index in [1.54, 1.807) is 12.1 Å². The molecule has 0 spiro atoms. The number of rotatable bonds is 3. The van der Waals surface area contributed by atoms with Crippen LogP contribution in [0.1, 0.15) is 10.4 Å². The van der Waals surface area contributed by atoms with Gasteiger partial charge in [0.1, 0.15) is 25.9 Å².